The topological polar surface area (TPSA) is 46.6 Å². The SMILES string of the molecule is CCOCCN(C)C(=O)C1CCC(C=O)CC1. The van der Waals surface area contributed by atoms with Gasteiger partial charge in [-0.25, -0.2) is 0 Å². The van der Waals surface area contributed by atoms with Gasteiger partial charge >= 0.3 is 0 Å². The Labute approximate surface area is 103 Å². The molecule has 1 fully saturated rings. The maximum Gasteiger partial charge on any atom is 0.225 e. The van der Waals surface area contributed by atoms with E-state index >= 15 is 0 Å². The first-order valence-electron chi connectivity index (χ1n) is 6.47. The summed E-state index contributed by atoms with van der Waals surface area (Å²) in [5.41, 5.74) is 0. The summed E-state index contributed by atoms with van der Waals surface area (Å²) >= 11 is 0. The van der Waals surface area contributed by atoms with Crippen LogP contribution in [-0.2, 0) is 14.3 Å². The highest BCUT2D eigenvalue weighted by molar-refractivity contribution is 5.78. The van der Waals surface area contributed by atoms with E-state index in [1.54, 1.807) is 4.90 Å². The fourth-order valence-electron chi connectivity index (χ4n) is 2.27. The van der Waals surface area contributed by atoms with Crippen molar-refractivity contribution < 1.29 is 14.3 Å². The van der Waals surface area contributed by atoms with Gasteiger partial charge in [0, 0.05) is 32.0 Å². The van der Waals surface area contributed by atoms with Gasteiger partial charge in [-0.05, 0) is 32.6 Å². The van der Waals surface area contributed by atoms with Crippen molar-refractivity contribution in [3.63, 3.8) is 0 Å². The third-order valence-corrected chi connectivity index (χ3v) is 3.46. The average molecular weight is 241 g/mol. The van der Waals surface area contributed by atoms with Gasteiger partial charge in [-0.2, -0.15) is 0 Å². The Kier molecular flexibility index (Phi) is 6.19. The number of hydrogen-bond donors (Lipinski definition) is 0. The van der Waals surface area contributed by atoms with Crippen LogP contribution in [0.2, 0.25) is 0 Å². The number of amides is 1. The zero-order valence-corrected chi connectivity index (χ0v) is 10.9. The number of aldehydes is 1. The number of rotatable bonds is 6. The van der Waals surface area contributed by atoms with Gasteiger partial charge in [-0.3, -0.25) is 4.79 Å². The molecule has 0 spiro atoms. The molecule has 98 valence electrons. The summed E-state index contributed by atoms with van der Waals surface area (Å²) in [5.74, 6) is 0.486. The largest absolute Gasteiger partial charge is 0.380 e. The number of likely N-dealkylation sites (N-methyl/N-ethyl adjacent to an activating group) is 1. The average Bonchev–Trinajstić information content (AvgIpc) is 2.38. The number of ether oxygens (including phenoxy) is 1. The number of carbonyl (C=O) groups is 2. The third-order valence-electron chi connectivity index (χ3n) is 3.46. The van der Waals surface area contributed by atoms with Crippen molar-refractivity contribution in [2.45, 2.75) is 32.6 Å². The van der Waals surface area contributed by atoms with Crippen molar-refractivity contribution in [2.24, 2.45) is 11.8 Å². The van der Waals surface area contributed by atoms with Gasteiger partial charge in [-0.15, -0.1) is 0 Å². The van der Waals surface area contributed by atoms with Gasteiger partial charge in [0.15, 0.2) is 0 Å². The second-order valence-electron chi connectivity index (χ2n) is 4.70. The predicted octanol–water partition coefficient (Wildman–Crippen LogP) is 1.49. The molecule has 0 saturated heterocycles. The lowest BCUT2D eigenvalue weighted by atomic mass is 9.82. The van der Waals surface area contributed by atoms with E-state index in [2.05, 4.69) is 0 Å². The Morgan fingerprint density at radius 2 is 2.00 bits per heavy atom. The second kappa shape index (κ2) is 7.43. The standard InChI is InChI=1S/C13H23NO3/c1-3-17-9-8-14(2)13(16)12-6-4-11(10-15)5-7-12/h10-12H,3-9H2,1-2H3. The lowest BCUT2D eigenvalue weighted by molar-refractivity contribution is -0.136. The zero-order chi connectivity index (χ0) is 12.7. The maximum absolute atomic E-state index is 12.1. The van der Waals surface area contributed by atoms with E-state index in [0.29, 0.717) is 19.8 Å². The van der Waals surface area contributed by atoms with Gasteiger partial charge in [0.05, 0.1) is 6.61 Å². The number of carbonyl (C=O) groups excluding carboxylic acids is 2. The summed E-state index contributed by atoms with van der Waals surface area (Å²) in [6.45, 7) is 3.89. The highest BCUT2D eigenvalue weighted by atomic mass is 16.5. The maximum atomic E-state index is 12.1. The molecule has 1 amide bonds. The van der Waals surface area contributed by atoms with E-state index in [1.807, 2.05) is 14.0 Å². The summed E-state index contributed by atoms with van der Waals surface area (Å²) in [6, 6.07) is 0. The predicted molar refractivity (Wildman–Crippen MR) is 65.6 cm³/mol. The molecule has 4 heteroatoms. The van der Waals surface area contributed by atoms with Gasteiger partial charge in [0.2, 0.25) is 5.91 Å². The fourth-order valence-corrected chi connectivity index (χ4v) is 2.27. The highest BCUT2D eigenvalue weighted by Gasteiger charge is 2.27. The first kappa shape index (κ1) is 14.2. The molecule has 0 aromatic rings. The Morgan fingerprint density at radius 1 is 1.35 bits per heavy atom. The van der Waals surface area contributed by atoms with Crippen LogP contribution >= 0.6 is 0 Å². The summed E-state index contributed by atoms with van der Waals surface area (Å²) in [4.78, 5) is 24.5. The Bertz CT molecular complexity index is 247. The van der Waals surface area contributed by atoms with E-state index in [9.17, 15) is 9.59 Å². The van der Waals surface area contributed by atoms with Crippen LogP contribution in [0.15, 0.2) is 0 Å². The molecular formula is C13H23NO3. The van der Waals surface area contributed by atoms with Crippen LogP contribution in [0.5, 0.6) is 0 Å². The summed E-state index contributed by atoms with van der Waals surface area (Å²) in [5, 5.41) is 0. The molecule has 0 unspecified atom stereocenters. The van der Waals surface area contributed by atoms with Gasteiger partial charge in [0.25, 0.3) is 0 Å². The molecule has 1 rings (SSSR count). The lowest BCUT2D eigenvalue weighted by Crippen LogP contribution is -2.37. The first-order chi connectivity index (χ1) is 8.19. The van der Waals surface area contributed by atoms with Gasteiger partial charge in [0.1, 0.15) is 6.29 Å². The molecule has 0 N–H and O–H groups in total. The van der Waals surface area contributed by atoms with Crippen LogP contribution < -0.4 is 0 Å². The van der Waals surface area contributed by atoms with E-state index in [1.165, 1.54) is 0 Å². The minimum atomic E-state index is 0.109. The molecule has 0 atom stereocenters. The second-order valence-corrected chi connectivity index (χ2v) is 4.70. The number of hydrogen-bond acceptors (Lipinski definition) is 3. The summed E-state index contributed by atoms with van der Waals surface area (Å²) < 4.78 is 5.24. The van der Waals surface area contributed by atoms with Crippen LogP contribution in [0.25, 0.3) is 0 Å². The van der Waals surface area contributed by atoms with Gasteiger partial charge in [-0.1, -0.05) is 0 Å². The Hall–Kier alpha value is -0.900. The van der Waals surface area contributed by atoms with Crippen molar-refractivity contribution in [3.8, 4) is 0 Å². The van der Waals surface area contributed by atoms with Crippen molar-refractivity contribution in [1.82, 2.24) is 4.90 Å². The van der Waals surface area contributed by atoms with Crippen LogP contribution in [-0.4, -0.2) is 43.9 Å². The fraction of sp³-hybridized carbons (Fsp3) is 0.846. The molecule has 0 aromatic heterocycles. The minimum Gasteiger partial charge on any atom is -0.380 e. The molecule has 1 saturated carbocycles. The molecule has 17 heavy (non-hydrogen) atoms. The minimum absolute atomic E-state index is 0.109. The molecule has 0 heterocycles. The molecule has 0 aliphatic heterocycles. The summed E-state index contributed by atoms with van der Waals surface area (Å²) in [7, 11) is 1.83. The van der Waals surface area contributed by atoms with Crippen LogP contribution in [0.4, 0.5) is 0 Å². The van der Waals surface area contributed by atoms with Crippen molar-refractivity contribution in [3.05, 3.63) is 0 Å². The van der Waals surface area contributed by atoms with E-state index in [4.69, 9.17) is 4.74 Å². The normalized spacial score (nSPS) is 24.4. The van der Waals surface area contributed by atoms with Crippen molar-refractivity contribution >= 4 is 12.2 Å². The van der Waals surface area contributed by atoms with Crippen LogP contribution in [0.3, 0.4) is 0 Å². The van der Waals surface area contributed by atoms with E-state index in [0.717, 1.165) is 32.0 Å². The first-order valence-corrected chi connectivity index (χ1v) is 6.47. The van der Waals surface area contributed by atoms with E-state index < -0.39 is 0 Å². The monoisotopic (exact) mass is 241 g/mol. The van der Waals surface area contributed by atoms with Crippen LogP contribution in [0, 0.1) is 11.8 Å². The molecule has 0 aromatic carbocycles. The zero-order valence-electron chi connectivity index (χ0n) is 10.9. The molecule has 0 radical (unpaired) electrons. The van der Waals surface area contributed by atoms with Crippen LogP contribution in [0.1, 0.15) is 32.6 Å². The van der Waals surface area contributed by atoms with Gasteiger partial charge < -0.3 is 14.4 Å². The Balaban J connectivity index is 2.29. The molecule has 1 aliphatic rings. The molecule has 0 bridgehead atoms. The molecule has 4 nitrogen and oxygen atoms in total. The smallest absolute Gasteiger partial charge is 0.225 e. The van der Waals surface area contributed by atoms with Crippen molar-refractivity contribution in [2.75, 3.05) is 26.8 Å². The Morgan fingerprint density at radius 3 is 2.53 bits per heavy atom. The lowest BCUT2D eigenvalue weighted by Gasteiger charge is -2.28. The number of nitrogens with zero attached hydrogens (tertiary/aromatic N) is 1. The van der Waals surface area contributed by atoms with E-state index in [-0.39, 0.29) is 17.7 Å². The summed E-state index contributed by atoms with van der Waals surface area (Å²) in [6.07, 6.45) is 4.44. The molecule has 1 aliphatic carbocycles. The quantitative estimate of drug-likeness (QED) is 0.523. The highest BCUT2D eigenvalue weighted by Crippen LogP contribution is 2.28. The van der Waals surface area contributed by atoms with Crippen molar-refractivity contribution in [1.29, 1.82) is 0 Å². The molecular weight excluding hydrogens is 218 g/mol. The third kappa shape index (κ3) is 4.46.